The SMILES string of the molecule is [CH2]CCCN(C)c1cccc(F)c1. The Bertz CT molecular complexity index is 260. The number of anilines is 1. The van der Waals surface area contributed by atoms with Gasteiger partial charge in [0.15, 0.2) is 0 Å². The standard InChI is InChI=1S/C11H15FN/c1-3-4-8-13(2)11-7-5-6-10(12)9-11/h5-7,9H,1,3-4,8H2,2H3. The molecule has 0 aliphatic carbocycles. The van der Waals surface area contributed by atoms with E-state index in [4.69, 9.17) is 0 Å². The molecule has 1 nitrogen and oxygen atoms in total. The zero-order valence-corrected chi connectivity index (χ0v) is 7.96. The van der Waals surface area contributed by atoms with Crippen molar-refractivity contribution in [2.24, 2.45) is 0 Å². The van der Waals surface area contributed by atoms with E-state index in [0.29, 0.717) is 0 Å². The molecule has 0 aromatic heterocycles. The molecule has 1 radical (unpaired) electrons. The quantitative estimate of drug-likeness (QED) is 0.688. The Labute approximate surface area is 79.2 Å². The van der Waals surface area contributed by atoms with Crippen LogP contribution in [0.4, 0.5) is 10.1 Å². The lowest BCUT2D eigenvalue weighted by atomic mass is 10.2. The first kappa shape index (κ1) is 10.0. The average molecular weight is 180 g/mol. The van der Waals surface area contributed by atoms with Crippen LogP contribution in [-0.4, -0.2) is 13.6 Å². The highest BCUT2D eigenvalue weighted by molar-refractivity contribution is 5.45. The molecule has 0 unspecified atom stereocenters. The van der Waals surface area contributed by atoms with Crippen LogP contribution in [0.25, 0.3) is 0 Å². The van der Waals surface area contributed by atoms with E-state index >= 15 is 0 Å². The van der Waals surface area contributed by atoms with Gasteiger partial charge < -0.3 is 4.90 Å². The molecule has 1 rings (SSSR count). The lowest BCUT2D eigenvalue weighted by Gasteiger charge is -2.18. The Morgan fingerprint density at radius 1 is 1.46 bits per heavy atom. The predicted octanol–water partition coefficient (Wildman–Crippen LogP) is 2.88. The van der Waals surface area contributed by atoms with Gasteiger partial charge in [-0.15, -0.1) is 0 Å². The second-order valence-corrected chi connectivity index (χ2v) is 3.11. The summed E-state index contributed by atoms with van der Waals surface area (Å²) in [4.78, 5) is 2.04. The molecule has 0 amide bonds. The van der Waals surface area contributed by atoms with Crippen LogP contribution in [0.2, 0.25) is 0 Å². The van der Waals surface area contributed by atoms with Gasteiger partial charge in [-0.1, -0.05) is 19.4 Å². The summed E-state index contributed by atoms with van der Waals surface area (Å²) in [5, 5.41) is 0. The lowest BCUT2D eigenvalue weighted by molar-refractivity contribution is 0.627. The molecule has 0 aliphatic heterocycles. The molecule has 1 aromatic rings. The molecule has 71 valence electrons. The summed E-state index contributed by atoms with van der Waals surface area (Å²) in [6.45, 7) is 4.69. The number of hydrogen-bond acceptors (Lipinski definition) is 1. The van der Waals surface area contributed by atoms with Gasteiger partial charge in [0.25, 0.3) is 0 Å². The summed E-state index contributed by atoms with van der Waals surface area (Å²) in [5.74, 6) is -0.182. The molecule has 0 bridgehead atoms. The Morgan fingerprint density at radius 3 is 2.85 bits per heavy atom. The van der Waals surface area contributed by atoms with Crippen LogP contribution < -0.4 is 4.90 Å². The van der Waals surface area contributed by atoms with Gasteiger partial charge in [-0.2, -0.15) is 0 Å². The second-order valence-electron chi connectivity index (χ2n) is 3.11. The average Bonchev–Trinajstić information content (AvgIpc) is 2.14. The van der Waals surface area contributed by atoms with Crippen LogP contribution in [0.1, 0.15) is 12.8 Å². The van der Waals surface area contributed by atoms with Crippen molar-refractivity contribution in [3.63, 3.8) is 0 Å². The highest BCUT2D eigenvalue weighted by Crippen LogP contribution is 2.13. The van der Waals surface area contributed by atoms with Crippen molar-refractivity contribution in [1.29, 1.82) is 0 Å². The number of benzene rings is 1. The predicted molar refractivity (Wildman–Crippen MR) is 54.3 cm³/mol. The first-order chi connectivity index (χ1) is 6.24. The zero-order chi connectivity index (χ0) is 9.68. The maximum absolute atomic E-state index is 12.8. The van der Waals surface area contributed by atoms with Gasteiger partial charge in [-0.3, -0.25) is 0 Å². The van der Waals surface area contributed by atoms with E-state index < -0.39 is 0 Å². The molecule has 1 aromatic carbocycles. The second kappa shape index (κ2) is 4.85. The molecule has 0 heterocycles. The Hall–Kier alpha value is -1.05. The molecule has 2 heteroatoms. The normalized spacial score (nSPS) is 10.1. The molecule has 0 N–H and O–H groups in total. The topological polar surface area (TPSA) is 3.24 Å². The van der Waals surface area contributed by atoms with Crippen LogP contribution in [0.5, 0.6) is 0 Å². The van der Waals surface area contributed by atoms with Crippen LogP contribution in [0.3, 0.4) is 0 Å². The van der Waals surface area contributed by atoms with Crippen LogP contribution in [0, 0.1) is 12.7 Å². The zero-order valence-electron chi connectivity index (χ0n) is 7.96. The smallest absolute Gasteiger partial charge is 0.125 e. The van der Waals surface area contributed by atoms with Crippen molar-refractivity contribution in [1.82, 2.24) is 0 Å². The van der Waals surface area contributed by atoms with Gasteiger partial charge in [-0.25, -0.2) is 4.39 Å². The molecule has 13 heavy (non-hydrogen) atoms. The number of halogens is 1. The van der Waals surface area contributed by atoms with E-state index in [9.17, 15) is 4.39 Å². The monoisotopic (exact) mass is 180 g/mol. The first-order valence-electron chi connectivity index (χ1n) is 4.50. The van der Waals surface area contributed by atoms with E-state index in [0.717, 1.165) is 25.1 Å². The summed E-state index contributed by atoms with van der Waals surface area (Å²) in [6.07, 6.45) is 1.95. The van der Waals surface area contributed by atoms with Crippen LogP contribution >= 0.6 is 0 Å². The third-order valence-corrected chi connectivity index (χ3v) is 1.99. The van der Waals surface area contributed by atoms with Gasteiger partial charge in [0.1, 0.15) is 5.82 Å². The summed E-state index contributed by atoms with van der Waals surface area (Å²) in [7, 11) is 1.96. The minimum atomic E-state index is -0.182. The van der Waals surface area contributed by atoms with Gasteiger partial charge in [0.05, 0.1) is 0 Å². The molecule has 0 fully saturated rings. The van der Waals surface area contributed by atoms with Crippen molar-refractivity contribution in [3.8, 4) is 0 Å². The molecular weight excluding hydrogens is 165 g/mol. The van der Waals surface area contributed by atoms with Crippen molar-refractivity contribution in [2.45, 2.75) is 12.8 Å². The minimum Gasteiger partial charge on any atom is -0.375 e. The molecule has 0 saturated carbocycles. The Kier molecular flexibility index (Phi) is 3.74. The highest BCUT2D eigenvalue weighted by Gasteiger charge is 2.00. The van der Waals surface area contributed by atoms with Crippen molar-refractivity contribution >= 4 is 5.69 Å². The fourth-order valence-corrected chi connectivity index (χ4v) is 1.19. The maximum atomic E-state index is 12.8. The number of unbranched alkanes of at least 4 members (excludes halogenated alkanes) is 1. The van der Waals surface area contributed by atoms with Gasteiger partial charge in [0, 0.05) is 19.3 Å². The fourth-order valence-electron chi connectivity index (χ4n) is 1.19. The Balaban J connectivity index is 2.60. The molecule has 0 saturated heterocycles. The molecular formula is C11H15FN. The summed E-state index contributed by atoms with van der Waals surface area (Å²) < 4.78 is 12.8. The van der Waals surface area contributed by atoms with E-state index in [1.807, 2.05) is 18.0 Å². The molecule has 0 atom stereocenters. The van der Waals surface area contributed by atoms with Gasteiger partial charge >= 0.3 is 0 Å². The van der Waals surface area contributed by atoms with Crippen molar-refractivity contribution < 1.29 is 4.39 Å². The lowest BCUT2D eigenvalue weighted by Crippen LogP contribution is -2.18. The highest BCUT2D eigenvalue weighted by atomic mass is 19.1. The minimum absolute atomic E-state index is 0.182. The number of rotatable bonds is 4. The van der Waals surface area contributed by atoms with Gasteiger partial charge in [0.2, 0.25) is 0 Å². The largest absolute Gasteiger partial charge is 0.375 e. The molecule has 0 spiro atoms. The summed E-state index contributed by atoms with van der Waals surface area (Å²) >= 11 is 0. The first-order valence-corrected chi connectivity index (χ1v) is 4.50. The summed E-state index contributed by atoms with van der Waals surface area (Å²) in [6, 6.07) is 6.64. The summed E-state index contributed by atoms with van der Waals surface area (Å²) in [5.41, 5.74) is 0.924. The number of hydrogen-bond donors (Lipinski definition) is 0. The fraction of sp³-hybridized carbons (Fsp3) is 0.364. The molecule has 0 aliphatic rings. The Morgan fingerprint density at radius 2 is 2.23 bits per heavy atom. The van der Waals surface area contributed by atoms with Gasteiger partial charge in [-0.05, 0) is 24.6 Å². The van der Waals surface area contributed by atoms with Crippen LogP contribution in [0.15, 0.2) is 24.3 Å². The third kappa shape index (κ3) is 3.05. The van der Waals surface area contributed by atoms with E-state index in [2.05, 4.69) is 6.92 Å². The van der Waals surface area contributed by atoms with E-state index in [-0.39, 0.29) is 5.82 Å². The number of nitrogens with zero attached hydrogens (tertiary/aromatic N) is 1. The van der Waals surface area contributed by atoms with Crippen LogP contribution in [-0.2, 0) is 0 Å². The third-order valence-electron chi connectivity index (χ3n) is 1.99. The van der Waals surface area contributed by atoms with E-state index in [1.54, 1.807) is 12.1 Å². The maximum Gasteiger partial charge on any atom is 0.125 e. The van der Waals surface area contributed by atoms with Crippen molar-refractivity contribution in [3.05, 3.63) is 37.0 Å². The van der Waals surface area contributed by atoms with E-state index in [1.165, 1.54) is 6.07 Å². The van der Waals surface area contributed by atoms with Crippen molar-refractivity contribution in [2.75, 3.05) is 18.5 Å².